The van der Waals surface area contributed by atoms with Crippen molar-refractivity contribution in [2.75, 3.05) is 4.90 Å². The van der Waals surface area contributed by atoms with E-state index in [1.807, 2.05) is 72.8 Å². The van der Waals surface area contributed by atoms with Gasteiger partial charge in [0.2, 0.25) is 0 Å². The summed E-state index contributed by atoms with van der Waals surface area (Å²) in [4.78, 5) is 2.22. The molecule has 1 atom stereocenters. The molecule has 1 aliphatic rings. The van der Waals surface area contributed by atoms with Gasteiger partial charge in [-0.25, -0.2) is 4.39 Å². The number of halogens is 1. The van der Waals surface area contributed by atoms with E-state index < -0.39 is 5.67 Å². The van der Waals surface area contributed by atoms with Crippen LogP contribution < -0.4 is 4.90 Å². The molecule has 0 aromatic heterocycles. The number of hydrogen-bond donors (Lipinski definition) is 0. The minimum absolute atomic E-state index is 0.638. The quantitative estimate of drug-likeness (QED) is 0.189. The normalized spacial score (nSPS) is 14.9. The highest BCUT2D eigenvalue weighted by molar-refractivity contribution is 5.87. The van der Waals surface area contributed by atoms with E-state index in [0.29, 0.717) is 16.7 Å². The summed E-state index contributed by atoms with van der Waals surface area (Å²) in [6.07, 6.45) is 0. The molecule has 45 heavy (non-hydrogen) atoms. The lowest BCUT2D eigenvalue weighted by molar-refractivity contribution is 0.288. The van der Waals surface area contributed by atoms with Gasteiger partial charge in [0, 0.05) is 28.2 Å². The van der Waals surface area contributed by atoms with E-state index >= 15 is 4.39 Å². The Morgan fingerprint density at radius 1 is 0.356 bits per heavy atom. The second-order valence-corrected chi connectivity index (χ2v) is 11.5. The molecular formula is C43H30FN. The average Bonchev–Trinajstić information content (AvgIpc) is 3.38. The number of rotatable bonds is 6. The van der Waals surface area contributed by atoms with Crippen LogP contribution in [0.3, 0.4) is 0 Å². The lowest BCUT2D eigenvalue weighted by Crippen LogP contribution is -2.21. The van der Waals surface area contributed by atoms with Crippen molar-refractivity contribution in [2.24, 2.45) is 0 Å². The Labute approximate surface area is 263 Å². The van der Waals surface area contributed by atoms with Crippen LogP contribution in [-0.2, 0) is 5.67 Å². The zero-order valence-corrected chi connectivity index (χ0v) is 24.6. The Bertz CT molecular complexity index is 2000. The van der Waals surface area contributed by atoms with Gasteiger partial charge in [-0.15, -0.1) is 0 Å². The van der Waals surface area contributed by atoms with Crippen LogP contribution in [0.2, 0.25) is 0 Å². The van der Waals surface area contributed by atoms with Crippen LogP contribution in [0.5, 0.6) is 0 Å². The lowest BCUT2D eigenvalue weighted by atomic mass is 9.86. The fourth-order valence-electron chi connectivity index (χ4n) is 6.65. The van der Waals surface area contributed by atoms with E-state index in [1.54, 1.807) is 0 Å². The van der Waals surface area contributed by atoms with Crippen LogP contribution in [0, 0.1) is 0 Å². The smallest absolute Gasteiger partial charge is 0.187 e. The summed E-state index contributed by atoms with van der Waals surface area (Å²) in [5.74, 6) is 0. The first kappa shape index (κ1) is 26.9. The van der Waals surface area contributed by atoms with E-state index in [1.165, 1.54) is 11.1 Å². The SMILES string of the molecule is FC1(c2ccccc2)c2ccccc2-c2ccc(N(c3ccc(-c4ccccc4)cc3)c3ccc(-c4ccccc4)cc3)cc21. The van der Waals surface area contributed by atoms with E-state index in [4.69, 9.17) is 0 Å². The molecule has 0 saturated heterocycles. The largest absolute Gasteiger partial charge is 0.310 e. The van der Waals surface area contributed by atoms with Gasteiger partial charge in [0.25, 0.3) is 0 Å². The van der Waals surface area contributed by atoms with Crippen molar-refractivity contribution < 1.29 is 4.39 Å². The molecule has 0 aliphatic heterocycles. The fourth-order valence-corrected chi connectivity index (χ4v) is 6.65. The molecule has 0 radical (unpaired) electrons. The average molecular weight is 580 g/mol. The molecule has 7 aromatic carbocycles. The topological polar surface area (TPSA) is 3.24 Å². The highest BCUT2D eigenvalue weighted by atomic mass is 19.1. The van der Waals surface area contributed by atoms with Gasteiger partial charge in [-0.3, -0.25) is 0 Å². The van der Waals surface area contributed by atoms with Crippen molar-refractivity contribution >= 4 is 17.1 Å². The highest BCUT2D eigenvalue weighted by Gasteiger charge is 2.45. The molecule has 0 heterocycles. The van der Waals surface area contributed by atoms with Crippen LogP contribution in [-0.4, -0.2) is 0 Å². The third-order valence-corrected chi connectivity index (χ3v) is 8.86. The van der Waals surface area contributed by atoms with Crippen LogP contribution in [0.25, 0.3) is 33.4 Å². The van der Waals surface area contributed by atoms with Gasteiger partial charge < -0.3 is 4.90 Å². The molecule has 0 bridgehead atoms. The molecule has 1 unspecified atom stereocenters. The van der Waals surface area contributed by atoms with Gasteiger partial charge in [-0.1, -0.05) is 146 Å². The number of hydrogen-bond acceptors (Lipinski definition) is 1. The van der Waals surface area contributed by atoms with Crippen LogP contribution >= 0.6 is 0 Å². The van der Waals surface area contributed by atoms with Gasteiger partial charge in [-0.05, 0) is 75.3 Å². The van der Waals surface area contributed by atoms with Gasteiger partial charge in [0.15, 0.2) is 5.67 Å². The van der Waals surface area contributed by atoms with Gasteiger partial charge >= 0.3 is 0 Å². The van der Waals surface area contributed by atoms with Crippen molar-refractivity contribution in [3.63, 3.8) is 0 Å². The van der Waals surface area contributed by atoms with Gasteiger partial charge in [0.05, 0.1) is 0 Å². The molecule has 2 heteroatoms. The number of fused-ring (bicyclic) bond motifs is 3. The number of anilines is 3. The Morgan fingerprint density at radius 3 is 1.33 bits per heavy atom. The van der Waals surface area contributed by atoms with Gasteiger partial charge in [-0.2, -0.15) is 0 Å². The third kappa shape index (κ3) is 4.63. The Balaban J connectivity index is 1.28. The summed E-state index contributed by atoms with van der Waals surface area (Å²) in [6, 6.07) is 61.6. The van der Waals surface area contributed by atoms with Crippen molar-refractivity contribution in [2.45, 2.75) is 5.67 Å². The number of alkyl halides is 1. The zero-order chi connectivity index (χ0) is 30.2. The monoisotopic (exact) mass is 579 g/mol. The maximum atomic E-state index is 17.7. The summed E-state index contributed by atoms with van der Waals surface area (Å²) in [6.45, 7) is 0. The fraction of sp³-hybridized carbons (Fsp3) is 0.0233. The number of benzene rings is 7. The van der Waals surface area contributed by atoms with E-state index in [9.17, 15) is 0 Å². The summed E-state index contributed by atoms with van der Waals surface area (Å²) in [7, 11) is 0. The van der Waals surface area contributed by atoms with Crippen LogP contribution in [0.15, 0.2) is 182 Å². The van der Waals surface area contributed by atoms with Crippen molar-refractivity contribution in [1.29, 1.82) is 0 Å². The molecule has 0 spiro atoms. The Kier molecular flexibility index (Phi) is 6.61. The van der Waals surface area contributed by atoms with Crippen LogP contribution in [0.1, 0.15) is 16.7 Å². The van der Waals surface area contributed by atoms with E-state index in [-0.39, 0.29) is 0 Å². The molecule has 1 nitrogen and oxygen atoms in total. The molecule has 0 saturated carbocycles. The standard InChI is InChI=1S/C43H30FN/c44-43(35-16-8-3-9-17-35)41-19-11-10-18-39(41)40-29-28-38(30-42(40)43)45(36-24-20-33(21-25-36)31-12-4-1-5-13-31)37-26-22-34(23-27-37)32-14-6-2-7-15-32/h1-30H. The zero-order valence-electron chi connectivity index (χ0n) is 24.6. The highest BCUT2D eigenvalue weighted by Crippen LogP contribution is 2.54. The summed E-state index contributed by atoms with van der Waals surface area (Å²) >= 11 is 0. The molecule has 7 aromatic rings. The summed E-state index contributed by atoms with van der Waals surface area (Å²) in [5.41, 5.74) is 9.64. The Morgan fingerprint density at radius 2 is 0.778 bits per heavy atom. The maximum absolute atomic E-state index is 17.7. The predicted molar refractivity (Wildman–Crippen MR) is 185 cm³/mol. The van der Waals surface area contributed by atoms with E-state index in [2.05, 4.69) is 114 Å². The molecule has 0 amide bonds. The van der Waals surface area contributed by atoms with Gasteiger partial charge in [0.1, 0.15) is 0 Å². The second-order valence-electron chi connectivity index (χ2n) is 11.5. The first-order valence-corrected chi connectivity index (χ1v) is 15.3. The molecular weight excluding hydrogens is 549 g/mol. The van der Waals surface area contributed by atoms with E-state index in [0.717, 1.165) is 39.3 Å². The molecule has 0 fully saturated rings. The third-order valence-electron chi connectivity index (χ3n) is 8.86. The minimum atomic E-state index is -1.76. The van der Waals surface area contributed by atoms with Crippen molar-refractivity contribution in [3.8, 4) is 33.4 Å². The first-order valence-electron chi connectivity index (χ1n) is 15.3. The minimum Gasteiger partial charge on any atom is -0.310 e. The number of nitrogens with zero attached hydrogens (tertiary/aromatic N) is 1. The Hall–Kier alpha value is -5.73. The predicted octanol–water partition coefficient (Wildman–Crippen LogP) is 11.7. The molecule has 1 aliphatic carbocycles. The second kappa shape index (κ2) is 11.1. The maximum Gasteiger partial charge on any atom is 0.187 e. The van der Waals surface area contributed by atoms with Crippen molar-refractivity contribution in [3.05, 3.63) is 199 Å². The molecule has 8 rings (SSSR count). The molecule has 214 valence electrons. The summed E-state index contributed by atoms with van der Waals surface area (Å²) in [5, 5.41) is 0. The lowest BCUT2D eigenvalue weighted by Gasteiger charge is -2.28. The molecule has 0 N–H and O–H groups in total. The van der Waals surface area contributed by atoms with Crippen LogP contribution in [0.4, 0.5) is 21.5 Å². The summed E-state index contributed by atoms with van der Waals surface area (Å²) < 4.78 is 17.7. The van der Waals surface area contributed by atoms with Crippen molar-refractivity contribution in [1.82, 2.24) is 0 Å². The first-order chi connectivity index (χ1) is 22.2.